The van der Waals surface area contributed by atoms with E-state index in [-0.39, 0.29) is 0 Å². The molecule has 118 valence electrons. The number of likely N-dealkylation sites (N-methyl/N-ethyl adjacent to an activating group) is 1. The fourth-order valence-electron chi connectivity index (χ4n) is 3.69. The molecule has 0 radical (unpaired) electrons. The lowest BCUT2D eigenvalue weighted by Gasteiger charge is -2.36. The van der Waals surface area contributed by atoms with Gasteiger partial charge in [-0.05, 0) is 57.2 Å². The molecule has 2 nitrogen and oxygen atoms in total. The van der Waals surface area contributed by atoms with Crippen molar-refractivity contribution in [2.24, 2.45) is 5.92 Å². The number of benzene rings is 1. The molecule has 1 N–H and O–H groups in total. The zero-order valence-electron chi connectivity index (χ0n) is 13.9. The lowest BCUT2D eigenvalue weighted by molar-refractivity contribution is -0.0159. The van der Waals surface area contributed by atoms with Crippen LogP contribution in [0.15, 0.2) is 24.3 Å². The molecule has 2 heteroatoms. The number of hydrogen-bond acceptors (Lipinski definition) is 2. The SMILES string of the molecule is CCOC(C1CCCCC1)C(Cc1ccccc1C)NC. The van der Waals surface area contributed by atoms with Gasteiger partial charge < -0.3 is 10.1 Å². The van der Waals surface area contributed by atoms with Gasteiger partial charge in [-0.25, -0.2) is 0 Å². The predicted molar refractivity (Wildman–Crippen MR) is 89.7 cm³/mol. The van der Waals surface area contributed by atoms with Crippen molar-refractivity contribution in [2.75, 3.05) is 13.7 Å². The highest BCUT2D eigenvalue weighted by molar-refractivity contribution is 5.26. The van der Waals surface area contributed by atoms with E-state index in [0.29, 0.717) is 12.1 Å². The number of hydrogen-bond donors (Lipinski definition) is 1. The van der Waals surface area contributed by atoms with Gasteiger partial charge in [0.2, 0.25) is 0 Å². The minimum atomic E-state index is 0.347. The standard InChI is InChI=1S/C19H31NO/c1-4-21-19(16-11-6-5-7-12-16)18(20-3)14-17-13-9-8-10-15(17)2/h8-10,13,16,18-20H,4-7,11-12,14H2,1-3H3. The van der Waals surface area contributed by atoms with Crippen LogP contribution in [0.2, 0.25) is 0 Å². The van der Waals surface area contributed by atoms with Gasteiger partial charge in [0, 0.05) is 12.6 Å². The lowest BCUT2D eigenvalue weighted by atomic mass is 9.81. The number of rotatable bonds is 7. The summed E-state index contributed by atoms with van der Waals surface area (Å²) in [6, 6.07) is 9.14. The normalized spacial score (nSPS) is 19.4. The Labute approximate surface area is 130 Å². The van der Waals surface area contributed by atoms with E-state index >= 15 is 0 Å². The van der Waals surface area contributed by atoms with Crippen molar-refractivity contribution in [1.82, 2.24) is 5.32 Å². The highest BCUT2D eigenvalue weighted by Crippen LogP contribution is 2.30. The molecule has 2 rings (SSSR count). The first-order valence-corrected chi connectivity index (χ1v) is 8.59. The third-order valence-electron chi connectivity index (χ3n) is 4.94. The molecule has 0 aliphatic heterocycles. The third-order valence-corrected chi connectivity index (χ3v) is 4.94. The molecular weight excluding hydrogens is 258 g/mol. The average molecular weight is 289 g/mol. The first-order chi connectivity index (χ1) is 10.3. The summed E-state index contributed by atoms with van der Waals surface area (Å²) in [6.45, 7) is 5.14. The van der Waals surface area contributed by atoms with Crippen LogP contribution in [0.1, 0.15) is 50.2 Å². The Bertz CT molecular complexity index is 412. The quantitative estimate of drug-likeness (QED) is 0.815. The van der Waals surface area contributed by atoms with E-state index in [9.17, 15) is 0 Å². The van der Waals surface area contributed by atoms with Gasteiger partial charge in [-0.1, -0.05) is 43.5 Å². The molecule has 2 unspecified atom stereocenters. The first kappa shape index (κ1) is 16.5. The Morgan fingerprint density at radius 1 is 1.19 bits per heavy atom. The van der Waals surface area contributed by atoms with E-state index in [2.05, 4.69) is 50.5 Å². The topological polar surface area (TPSA) is 21.3 Å². The summed E-state index contributed by atoms with van der Waals surface area (Å²) < 4.78 is 6.18. The Balaban J connectivity index is 2.09. The predicted octanol–water partition coefficient (Wildman–Crippen LogP) is 4.11. The maximum Gasteiger partial charge on any atom is 0.0759 e. The number of ether oxygens (including phenoxy) is 1. The fraction of sp³-hybridized carbons (Fsp3) is 0.684. The van der Waals surface area contributed by atoms with Crippen molar-refractivity contribution < 1.29 is 4.74 Å². The van der Waals surface area contributed by atoms with Crippen molar-refractivity contribution in [2.45, 2.75) is 64.5 Å². The minimum Gasteiger partial charge on any atom is -0.377 e. The Morgan fingerprint density at radius 3 is 2.52 bits per heavy atom. The molecule has 0 bridgehead atoms. The summed E-state index contributed by atoms with van der Waals surface area (Å²) in [7, 11) is 2.08. The van der Waals surface area contributed by atoms with Crippen LogP contribution in [-0.4, -0.2) is 25.8 Å². The molecule has 0 saturated heterocycles. The summed E-state index contributed by atoms with van der Waals surface area (Å²) in [5.41, 5.74) is 2.83. The van der Waals surface area contributed by atoms with Gasteiger partial charge in [-0.2, -0.15) is 0 Å². The molecule has 1 aliphatic rings. The smallest absolute Gasteiger partial charge is 0.0759 e. The monoisotopic (exact) mass is 289 g/mol. The van der Waals surface area contributed by atoms with Crippen LogP contribution in [0.4, 0.5) is 0 Å². The van der Waals surface area contributed by atoms with Crippen molar-refractivity contribution in [3.05, 3.63) is 35.4 Å². The second-order valence-electron chi connectivity index (χ2n) is 6.34. The zero-order chi connectivity index (χ0) is 15.1. The van der Waals surface area contributed by atoms with Crippen LogP contribution in [0.5, 0.6) is 0 Å². The Morgan fingerprint density at radius 2 is 1.90 bits per heavy atom. The van der Waals surface area contributed by atoms with Gasteiger partial charge in [-0.15, -0.1) is 0 Å². The largest absolute Gasteiger partial charge is 0.377 e. The molecule has 1 aromatic carbocycles. The van der Waals surface area contributed by atoms with Crippen molar-refractivity contribution in [3.63, 3.8) is 0 Å². The van der Waals surface area contributed by atoms with Crippen LogP contribution in [0.25, 0.3) is 0 Å². The molecular formula is C19H31NO. The average Bonchev–Trinajstić information content (AvgIpc) is 2.53. The molecule has 1 aromatic rings. The van der Waals surface area contributed by atoms with Gasteiger partial charge in [0.1, 0.15) is 0 Å². The second kappa shape index (κ2) is 8.55. The molecule has 1 aliphatic carbocycles. The molecule has 0 aromatic heterocycles. The van der Waals surface area contributed by atoms with Gasteiger partial charge in [0.15, 0.2) is 0 Å². The molecule has 21 heavy (non-hydrogen) atoms. The maximum absolute atomic E-state index is 6.18. The lowest BCUT2D eigenvalue weighted by Crippen LogP contribution is -2.46. The Kier molecular flexibility index (Phi) is 6.72. The van der Waals surface area contributed by atoms with E-state index in [1.54, 1.807) is 0 Å². The van der Waals surface area contributed by atoms with Crippen LogP contribution in [0, 0.1) is 12.8 Å². The minimum absolute atomic E-state index is 0.347. The van der Waals surface area contributed by atoms with Gasteiger partial charge in [0.05, 0.1) is 6.10 Å². The zero-order valence-corrected chi connectivity index (χ0v) is 13.9. The maximum atomic E-state index is 6.18. The molecule has 2 atom stereocenters. The second-order valence-corrected chi connectivity index (χ2v) is 6.34. The van der Waals surface area contributed by atoms with Crippen LogP contribution >= 0.6 is 0 Å². The molecule has 0 amide bonds. The molecule has 0 spiro atoms. The first-order valence-electron chi connectivity index (χ1n) is 8.59. The van der Waals surface area contributed by atoms with Crippen molar-refractivity contribution >= 4 is 0 Å². The van der Waals surface area contributed by atoms with Crippen molar-refractivity contribution in [3.8, 4) is 0 Å². The molecule has 0 heterocycles. The van der Waals surface area contributed by atoms with Crippen LogP contribution in [0.3, 0.4) is 0 Å². The highest BCUT2D eigenvalue weighted by atomic mass is 16.5. The summed E-state index contributed by atoms with van der Waals surface area (Å²) in [5.74, 6) is 0.722. The third kappa shape index (κ3) is 4.55. The summed E-state index contributed by atoms with van der Waals surface area (Å²) in [5, 5.41) is 3.53. The van der Waals surface area contributed by atoms with Gasteiger partial charge in [-0.3, -0.25) is 0 Å². The number of aryl methyl sites for hydroxylation is 1. The number of nitrogens with one attached hydrogen (secondary N) is 1. The van der Waals surface area contributed by atoms with Gasteiger partial charge >= 0.3 is 0 Å². The van der Waals surface area contributed by atoms with Crippen LogP contribution in [-0.2, 0) is 11.2 Å². The van der Waals surface area contributed by atoms with Crippen LogP contribution < -0.4 is 5.32 Å². The molecule has 1 fully saturated rings. The van der Waals surface area contributed by atoms with Crippen molar-refractivity contribution in [1.29, 1.82) is 0 Å². The van der Waals surface area contributed by atoms with Gasteiger partial charge in [0.25, 0.3) is 0 Å². The Hall–Kier alpha value is -0.860. The van der Waals surface area contributed by atoms with E-state index in [0.717, 1.165) is 18.9 Å². The summed E-state index contributed by atoms with van der Waals surface area (Å²) in [4.78, 5) is 0. The van der Waals surface area contributed by atoms with E-state index < -0.39 is 0 Å². The highest BCUT2D eigenvalue weighted by Gasteiger charge is 2.30. The fourth-order valence-corrected chi connectivity index (χ4v) is 3.69. The summed E-state index contributed by atoms with van der Waals surface area (Å²) in [6.07, 6.45) is 8.21. The van der Waals surface area contributed by atoms with E-state index in [1.165, 1.54) is 43.2 Å². The molecule has 1 saturated carbocycles. The van der Waals surface area contributed by atoms with E-state index in [1.807, 2.05) is 0 Å². The summed E-state index contributed by atoms with van der Waals surface area (Å²) >= 11 is 0. The van der Waals surface area contributed by atoms with E-state index in [4.69, 9.17) is 4.74 Å².